The number of hydrogen-bond acceptors (Lipinski definition) is 6. The molecule has 7 nitrogen and oxygen atoms in total. The molecule has 1 aliphatic carbocycles. The maximum atomic E-state index is 12.6. The minimum Gasteiger partial charge on any atom is -0.343 e. The third-order valence-electron chi connectivity index (χ3n) is 7.59. The van der Waals surface area contributed by atoms with Crippen LogP contribution in [0.3, 0.4) is 0 Å². The van der Waals surface area contributed by atoms with Crippen molar-refractivity contribution in [3.63, 3.8) is 0 Å². The summed E-state index contributed by atoms with van der Waals surface area (Å²) in [7, 11) is 1.95. The average molecular weight is 374 g/mol. The molecule has 3 aliphatic heterocycles. The lowest BCUT2D eigenvalue weighted by molar-refractivity contribution is -0.133. The Hall–Kier alpha value is -1.63. The second-order valence-electron chi connectivity index (χ2n) is 9.39. The number of amides is 1. The number of piperidine rings is 2. The molecular weight excluding hydrogens is 342 g/mol. The highest BCUT2D eigenvalue weighted by atomic mass is 16.5. The lowest BCUT2D eigenvalue weighted by Crippen LogP contribution is -2.51. The van der Waals surface area contributed by atoms with E-state index in [0.29, 0.717) is 53.7 Å². The van der Waals surface area contributed by atoms with E-state index < -0.39 is 0 Å². The van der Waals surface area contributed by atoms with Crippen LogP contribution in [0.5, 0.6) is 0 Å². The van der Waals surface area contributed by atoms with Crippen LogP contribution in [-0.2, 0) is 4.79 Å². The van der Waals surface area contributed by atoms with Crippen LogP contribution in [0.25, 0.3) is 0 Å². The van der Waals surface area contributed by atoms with E-state index in [2.05, 4.69) is 33.8 Å². The number of aryl methyl sites for hydroxylation is 1. The molecule has 1 aromatic heterocycles. The molecule has 2 bridgehead atoms. The number of aromatic nitrogens is 2. The molecule has 27 heavy (non-hydrogen) atoms. The first kappa shape index (κ1) is 17.5. The van der Waals surface area contributed by atoms with Crippen molar-refractivity contribution in [3.05, 3.63) is 5.82 Å². The zero-order valence-electron chi connectivity index (χ0n) is 16.8. The summed E-state index contributed by atoms with van der Waals surface area (Å²) in [5.74, 6) is 2.54. The zero-order chi connectivity index (χ0) is 18.9. The predicted octanol–water partition coefficient (Wildman–Crippen LogP) is 1.92. The first-order chi connectivity index (χ1) is 12.9. The number of fused-ring (bicyclic) bond motifs is 3. The van der Waals surface area contributed by atoms with Gasteiger partial charge in [0.25, 0.3) is 0 Å². The molecule has 0 spiro atoms. The van der Waals surface area contributed by atoms with Gasteiger partial charge in [-0.15, -0.1) is 0 Å². The maximum Gasteiger partial charge on any atom is 0.324 e. The Bertz CT molecular complexity index is 708. The Morgan fingerprint density at radius 1 is 1.15 bits per heavy atom. The molecule has 0 aromatic carbocycles. The first-order valence-electron chi connectivity index (χ1n) is 10.5. The molecule has 1 aromatic rings. The summed E-state index contributed by atoms with van der Waals surface area (Å²) in [5.41, 5.74) is 0. The summed E-state index contributed by atoms with van der Waals surface area (Å²) < 4.78 is 5.46. The fraction of sp³-hybridized carbons (Fsp3) is 0.850. The summed E-state index contributed by atoms with van der Waals surface area (Å²) >= 11 is 0. The Morgan fingerprint density at radius 3 is 2.30 bits per heavy atom. The van der Waals surface area contributed by atoms with E-state index in [1.165, 1.54) is 25.7 Å². The second-order valence-corrected chi connectivity index (χ2v) is 9.39. The molecule has 4 heterocycles. The van der Waals surface area contributed by atoms with Gasteiger partial charge in [0.05, 0.1) is 0 Å². The molecule has 148 valence electrons. The van der Waals surface area contributed by atoms with Gasteiger partial charge in [0.2, 0.25) is 5.91 Å². The molecule has 4 fully saturated rings. The van der Waals surface area contributed by atoms with Crippen LogP contribution in [0, 0.1) is 24.7 Å². The van der Waals surface area contributed by atoms with Gasteiger partial charge in [0.15, 0.2) is 5.82 Å². The molecule has 2 unspecified atom stereocenters. The van der Waals surface area contributed by atoms with Crippen LogP contribution >= 0.6 is 0 Å². The highest BCUT2D eigenvalue weighted by molar-refractivity contribution is 5.82. The van der Waals surface area contributed by atoms with Gasteiger partial charge in [-0.2, -0.15) is 4.98 Å². The van der Waals surface area contributed by atoms with Gasteiger partial charge in [0.1, 0.15) is 0 Å². The average Bonchev–Trinajstić information content (AvgIpc) is 2.96. The van der Waals surface area contributed by atoms with Gasteiger partial charge in [0, 0.05) is 50.2 Å². The standard InChI is InChI=1S/C20H31N5O2/c1-11(2)23(4)19(26)18-16-9-24(10-17(16)18)15-7-13-5-6-14(8-15)25(13)20-21-12(3)22-27-20/h11,13-18H,5-10H2,1-4H3/t13?,14?,15?,16-,17+,18+. The Labute approximate surface area is 161 Å². The van der Waals surface area contributed by atoms with Gasteiger partial charge in [-0.25, -0.2) is 0 Å². The van der Waals surface area contributed by atoms with E-state index in [1.54, 1.807) is 0 Å². The number of carbonyl (C=O) groups is 1. The highest BCUT2D eigenvalue weighted by Crippen LogP contribution is 2.54. The third-order valence-corrected chi connectivity index (χ3v) is 7.59. The number of carbonyl (C=O) groups excluding carboxylic acids is 1. The van der Waals surface area contributed by atoms with E-state index in [-0.39, 0.29) is 5.92 Å². The molecule has 4 aliphatic rings. The number of likely N-dealkylation sites (tertiary alicyclic amines) is 1. The molecule has 3 saturated heterocycles. The minimum atomic E-state index is 0.284. The van der Waals surface area contributed by atoms with E-state index in [9.17, 15) is 4.79 Å². The fourth-order valence-corrected chi connectivity index (χ4v) is 5.86. The summed E-state index contributed by atoms with van der Waals surface area (Å²) in [6.07, 6.45) is 4.82. The predicted molar refractivity (Wildman–Crippen MR) is 101 cm³/mol. The van der Waals surface area contributed by atoms with Crippen LogP contribution in [0.4, 0.5) is 6.01 Å². The van der Waals surface area contributed by atoms with Crippen molar-refractivity contribution in [1.29, 1.82) is 0 Å². The van der Waals surface area contributed by atoms with Crippen molar-refractivity contribution >= 4 is 11.9 Å². The van der Waals surface area contributed by atoms with E-state index in [4.69, 9.17) is 4.52 Å². The molecule has 1 saturated carbocycles. The topological polar surface area (TPSA) is 65.7 Å². The highest BCUT2D eigenvalue weighted by Gasteiger charge is 2.61. The minimum absolute atomic E-state index is 0.284. The van der Waals surface area contributed by atoms with Crippen molar-refractivity contribution in [3.8, 4) is 0 Å². The summed E-state index contributed by atoms with van der Waals surface area (Å²) in [6.45, 7) is 8.29. The fourth-order valence-electron chi connectivity index (χ4n) is 5.86. The van der Waals surface area contributed by atoms with Crippen molar-refractivity contribution in [1.82, 2.24) is 19.9 Å². The van der Waals surface area contributed by atoms with Crippen LogP contribution < -0.4 is 4.90 Å². The van der Waals surface area contributed by atoms with Gasteiger partial charge in [-0.1, -0.05) is 5.16 Å². The quantitative estimate of drug-likeness (QED) is 0.803. The SMILES string of the molecule is Cc1noc(N2C3CCC2CC(N2C[C@@H]4[C@H](C2)[C@H]4C(=O)N(C)C(C)C)C3)n1. The van der Waals surface area contributed by atoms with Gasteiger partial charge < -0.3 is 14.3 Å². The van der Waals surface area contributed by atoms with Crippen molar-refractivity contribution in [2.45, 2.75) is 70.6 Å². The summed E-state index contributed by atoms with van der Waals surface area (Å²) in [5, 5.41) is 3.98. The molecule has 0 N–H and O–H groups in total. The van der Waals surface area contributed by atoms with Gasteiger partial charge >= 0.3 is 6.01 Å². The maximum absolute atomic E-state index is 12.6. The van der Waals surface area contributed by atoms with Gasteiger partial charge in [-0.05, 0) is 58.3 Å². The Morgan fingerprint density at radius 2 is 1.78 bits per heavy atom. The molecule has 1 amide bonds. The van der Waals surface area contributed by atoms with Crippen molar-refractivity contribution in [2.24, 2.45) is 17.8 Å². The molecule has 7 heteroatoms. The largest absolute Gasteiger partial charge is 0.343 e. The van der Waals surface area contributed by atoms with Gasteiger partial charge in [-0.3, -0.25) is 9.69 Å². The first-order valence-corrected chi connectivity index (χ1v) is 10.5. The van der Waals surface area contributed by atoms with Crippen LogP contribution in [0.15, 0.2) is 4.52 Å². The zero-order valence-corrected chi connectivity index (χ0v) is 16.8. The summed E-state index contributed by atoms with van der Waals surface area (Å²) in [6, 6.07) is 2.70. The number of hydrogen-bond donors (Lipinski definition) is 0. The Balaban J connectivity index is 1.20. The molecule has 5 rings (SSSR count). The summed E-state index contributed by atoms with van der Waals surface area (Å²) in [4.78, 5) is 24.1. The third kappa shape index (κ3) is 2.77. The smallest absolute Gasteiger partial charge is 0.324 e. The number of nitrogens with zero attached hydrogens (tertiary/aromatic N) is 5. The van der Waals surface area contributed by atoms with E-state index in [0.717, 1.165) is 13.1 Å². The van der Waals surface area contributed by atoms with Crippen LogP contribution in [0.1, 0.15) is 45.4 Å². The van der Waals surface area contributed by atoms with Crippen LogP contribution in [-0.4, -0.2) is 70.2 Å². The molecule has 0 radical (unpaired) electrons. The number of rotatable bonds is 4. The van der Waals surface area contributed by atoms with Crippen LogP contribution in [0.2, 0.25) is 0 Å². The van der Waals surface area contributed by atoms with Crippen molar-refractivity contribution < 1.29 is 9.32 Å². The molecular formula is C20H31N5O2. The normalized spacial score (nSPS) is 37.7. The van der Waals surface area contributed by atoms with E-state index >= 15 is 0 Å². The number of anilines is 1. The van der Waals surface area contributed by atoms with Crippen molar-refractivity contribution in [2.75, 3.05) is 25.0 Å². The lowest BCUT2D eigenvalue weighted by Gasteiger charge is -2.42. The van der Waals surface area contributed by atoms with E-state index in [1.807, 2.05) is 18.9 Å². The second kappa shape index (κ2) is 6.19. The monoisotopic (exact) mass is 373 g/mol. The molecule has 5 atom stereocenters. The lowest BCUT2D eigenvalue weighted by atomic mass is 9.96. The Kier molecular flexibility index (Phi) is 4.00.